The molecule has 2 heterocycles. The molecule has 160 valence electrons. The van der Waals surface area contributed by atoms with Crippen molar-refractivity contribution in [1.29, 1.82) is 0 Å². The van der Waals surface area contributed by atoms with E-state index >= 15 is 0 Å². The Labute approximate surface area is 193 Å². The molecule has 30 heavy (non-hydrogen) atoms. The van der Waals surface area contributed by atoms with Crippen LogP contribution in [0, 0.1) is 0 Å². The first-order valence-electron chi connectivity index (χ1n) is 9.71. The topological polar surface area (TPSA) is 42.5 Å². The van der Waals surface area contributed by atoms with Crippen LogP contribution in [0.1, 0.15) is 50.2 Å². The van der Waals surface area contributed by atoms with Crippen LogP contribution >= 0.6 is 20.2 Å². The van der Waals surface area contributed by atoms with Crippen LogP contribution in [-0.4, -0.2) is 21.1 Å². The van der Waals surface area contributed by atoms with Gasteiger partial charge < -0.3 is 0 Å². The van der Waals surface area contributed by atoms with Crippen molar-refractivity contribution in [1.82, 2.24) is 9.66 Å². The molecule has 4 nitrogen and oxygen atoms in total. The summed E-state index contributed by atoms with van der Waals surface area (Å²) in [5, 5.41) is 4.56. The molecule has 3 aromatic rings. The van der Waals surface area contributed by atoms with Crippen molar-refractivity contribution in [2.45, 2.75) is 40.5 Å². The van der Waals surface area contributed by atoms with Crippen molar-refractivity contribution in [2.75, 3.05) is 0 Å². The Kier molecular flexibility index (Phi) is 10.3. The van der Waals surface area contributed by atoms with Crippen LogP contribution in [0.25, 0.3) is 0 Å². The average Bonchev–Trinajstić information content (AvgIpc) is 3.27. The number of hydrogen-bond donors (Lipinski definition) is 0. The van der Waals surface area contributed by atoms with Crippen molar-refractivity contribution in [2.24, 2.45) is 10.1 Å². The summed E-state index contributed by atoms with van der Waals surface area (Å²) in [7, 11) is 9.53. The molecule has 2 aromatic heterocycles. The van der Waals surface area contributed by atoms with Crippen LogP contribution in [0.3, 0.4) is 0 Å². The van der Waals surface area contributed by atoms with E-state index in [1.807, 2.05) is 56.6 Å². The van der Waals surface area contributed by atoms with Gasteiger partial charge in [0.1, 0.15) is 0 Å². The molecule has 0 aliphatic rings. The minimum absolute atomic E-state index is 0.194. The van der Waals surface area contributed by atoms with Gasteiger partial charge in [-0.1, -0.05) is 38.1 Å². The van der Waals surface area contributed by atoms with Crippen molar-refractivity contribution in [3.8, 4) is 0 Å². The molecule has 0 atom stereocenters. The van der Waals surface area contributed by atoms with E-state index in [1.165, 1.54) is 11.1 Å². The number of aryl methyl sites for hydroxylation is 2. The van der Waals surface area contributed by atoms with E-state index in [4.69, 9.17) is 30.2 Å². The first kappa shape index (κ1) is 24.4. The SMILES string of the molecule is CCc1cccc(CC)c1N=C(C)c1cccc(C(C)=Nn2cccc2)n1.[Cl][Fe][Cl]. The molecular formula is C23H26Cl2FeN4. The predicted octanol–water partition coefficient (Wildman–Crippen LogP) is 6.80. The summed E-state index contributed by atoms with van der Waals surface area (Å²) in [6, 6.07) is 16.3. The first-order valence-corrected chi connectivity index (χ1v) is 12.7. The molecule has 0 saturated carbocycles. The van der Waals surface area contributed by atoms with E-state index in [1.54, 1.807) is 4.68 Å². The molecule has 0 radical (unpaired) electrons. The van der Waals surface area contributed by atoms with Crippen LogP contribution in [0.4, 0.5) is 5.69 Å². The molecule has 1 aromatic carbocycles. The van der Waals surface area contributed by atoms with Gasteiger partial charge in [0.25, 0.3) is 0 Å². The Balaban J connectivity index is 0.00000101. The third-order valence-corrected chi connectivity index (χ3v) is 4.59. The van der Waals surface area contributed by atoms with Crippen LogP contribution in [0.5, 0.6) is 0 Å². The van der Waals surface area contributed by atoms with Gasteiger partial charge in [-0.05, 0) is 62.1 Å². The van der Waals surface area contributed by atoms with Crippen LogP contribution in [0.15, 0.2) is 71.0 Å². The fourth-order valence-corrected chi connectivity index (χ4v) is 3.04. The van der Waals surface area contributed by atoms with E-state index in [0.717, 1.165) is 41.3 Å². The molecule has 0 N–H and O–H groups in total. The number of rotatable bonds is 6. The van der Waals surface area contributed by atoms with Gasteiger partial charge in [0, 0.05) is 12.4 Å². The summed E-state index contributed by atoms with van der Waals surface area (Å²) in [5.74, 6) is 0. The fraction of sp³-hybridized carbons (Fsp3) is 0.261. The number of aliphatic imine (C=N–C) groups is 1. The van der Waals surface area contributed by atoms with Crippen LogP contribution in [-0.2, 0) is 26.0 Å². The maximum absolute atomic E-state index is 4.96. The average molecular weight is 485 g/mol. The van der Waals surface area contributed by atoms with Crippen molar-refractivity contribution in [3.63, 3.8) is 0 Å². The van der Waals surface area contributed by atoms with Crippen molar-refractivity contribution in [3.05, 3.63) is 83.4 Å². The van der Waals surface area contributed by atoms with Gasteiger partial charge in [-0.2, -0.15) is 5.10 Å². The number of benzene rings is 1. The summed E-state index contributed by atoms with van der Waals surface area (Å²) >= 11 is 0.194. The second kappa shape index (κ2) is 12.7. The van der Waals surface area contributed by atoms with E-state index in [-0.39, 0.29) is 13.1 Å². The number of aromatic nitrogens is 2. The van der Waals surface area contributed by atoms with Gasteiger partial charge in [0.2, 0.25) is 0 Å². The van der Waals surface area contributed by atoms with E-state index < -0.39 is 0 Å². The second-order valence-corrected chi connectivity index (χ2v) is 8.36. The van der Waals surface area contributed by atoms with Gasteiger partial charge in [0.05, 0.1) is 28.5 Å². The molecule has 0 aliphatic heterocycles. The van der Waals surface area contributed by atoms with Crippen LogP contribution < -0.4 is 0 Å². The van der Waals surface area contributed by atoms with Gasteiger partial charge in [-0.25, -0.2) is 9.66 Å². The zero-order chi connectivity index (χ0) is 21.9. The number of halogens is 2. The quantitative estimate of drug-likeness (QED) is 0.280. The molecule has 0 aliphatic carbocycles. The van der Waals surface area contributed by atoms with Gasteiger partial charge in [-0.15, -0.1) is 0 Å². The molecule has 0 fully saturated rings. The third kappa shape index (κ3) is 6.82. The Bertz CT molecular complexity index is 976. The fourth-order valence-electron chi connectivity index (χ4n) is 3.04. The number of hydrogen-bond acceptors (Lipinski definition) is 3. The Morgan fingerprint density at radius 1 is 0.867 bits per heavy atom. The van der Waals surface area contributed by atoms with Gasteiger partial charge in [-0.3, -0.25) is 4.99 Å². The third-order valence-electron chi connectivity index (χ3n) is 4.59. The molecule has 0 bridgehead atoms. The Morgan fingerprint density at radius 3 is 1.90 bits per heavy atom. The summed E-state index contributed by atoms with van der Waals surface area (Å²) < 4.78 is 1.79. The van der Waals surface area contributed by atoms with Crippen LogP contribution in [0.2, 0.25) is 0 Å². The maximum atomic E-state index is 4.96. The molecule has 0 unspecified atom stereocenters. The van der Waals surface area contributed by atoms with E-state index in [0.29, 0.717) is 0 Å². The van der Waals surface area contributed by atoms with E-state index in [2.05, 4.69) is 37.1 Å². The second-order valence-electron chi connectivity index (χ2n) is 6.54. The van der Waals surface area contributed by atoms with Crippen molar-refractivity contribution < 1.29 is 13.1 Å². The summed E-state index contributed by atoms with van der Waals surface area (Å²) in [6.45, 7) is 8.34. The summed E-state index contributed by atoms with van der Waals surface area (Å²) in [6.07, 6.45) is 5.76. The minimum atomic E-state index is 0.194. The normalized spacial score (nSPS) is 11.9. The van der Waals surface area contributed by atoms with E-state index in [9.17, 15) is 0 Å². The molecule has 3 rings (SSSR count). The standard InChI is InChI=1S/C23H26N4.2ClH.Fe/c1-5-19-11-9-12-20(6-2)23(19)24-17(3)21-13-10-14-22(25-21)18(4)26-27-15-7-8-16-27;;;/h7-16H,5-6H2,1-4H3;2*1H;/q;;;+2/p-2. The number of nitrogens with zero attached hydrogens (tertiary/aromatic N) is 4. The molecule has 7 heteroatoms. The Morgan fingerprint density at radius 2 is 1.37 bits per heavy atom. The molecule has 0 spiro atoms. The predicted molar refractivity (Wildman–Crippen MR) is 125 cm³/mol. The number of pyridine rings is 1. The molecular weight excluding hydrogens is 459 g/mol. The first-order chi connectivity index (χ1) is 14.5. The van der Waals surface area contributed by atoms with Gasteiger partial charge >= 0.3 is 33.3 Å². The monoisotopic (exact) mass is 484 g/mol. The Hall–Kier alpha value is -1.91. The molecule has 0 saturated heterocycles. The summed E-state index contributed by atoms with van der Waals surface area (Å²) in [4.78, 5) is 9.74. The van der Waals surface area contributed by atoms with Crippen molar-refractivity contribution >= 4 is 37.3 Å². The van der Waals surface area contributed by atoms with Gasteiger partial charge in [0.15, 0.2) is 0 Å². The molecule has 0 amide bonds. The summed E-state index contributed by atoms with van der Waals surface area (Å²) in [5.41, 5.74) is 7.15. The zero-order valence-corrected chi connectivity index (χ0v) is 20.2. The number of para-hydroxylation sites is 1. The zero-order valence-electron chi connectivity index (χ0n) is 17.6.